The molecule has 0 aliphatic rings. The third-order valence-corrected chi connectivity index (χ3v) is 3.75. The van der Waals surface area contributed by atoms with Crippen molar-refractivity contribution in [3.05, 3.63) is 50.9 Å². The summed E-state index contributed by atoms with van der Waals surface area (Å²) in [6.07, 6.45) is 1.42. The Kier molecular flexibility index (Phi) is 4.50. The van der Waals surface area contributed by atoms with E-state index in [1.807, 2.05) is 19.9 Å². The molecular formula is C13H12Cl3N3. The van der Waals surface area contributed by atoms with Crippen molar-refractivity contribution >= 4 is 40.6 Å². The fourth-order valence-corrected chi connectivity index (χ4v) is 2.41. The van der Waals surface area contributed by atoms with Gasteiger partial charge >= 0.3 is 0 Å². The van der Waals surface area contributed by atoms with Crippen molar-refractivity contribution in [1.82, 2.24) is 9.97 Å². The number of hydrogen-bond acceptors (Lipinski definition) is 3. The van der Waals surface area contributed by atoms with Crippen molar-refractivity contribution in [2.24, 2.45) is 0 Å². The third-order valence-electron chi connectivity index (χ3n) is 2.80. The van der Waals surface area contributed by atoms with Crippen LogP contribution in [0.3, 0.4) is 0 Å². The van der Waals surface area contributed by atoms with E-state index >= 15 is 0 Å². The van der Waals surface area contributed by atoms with Crippen LogP contribution in [0.15, 0.2) is 24.5 Å². The number of anilines is 1. The molecule has 2 rings (SSSR count). The zero-order valence-corrected chi connectivity index (χ0v) is 12.7. The highest BCUT2D eigenvalue weighted by molar-refractivity contribution is 6.35. The fraction of sp³-hybridized carbons (Fsp3) is 0.231. The molecule has 1 aromatic heterocycles. The van der Waals surface area contributed by atoms with Gasteiger partial charge in [0.2, 0.25) is 0 Å². The Morgan fingerprint density at radius 1 is 1.16 bits per heavy atom. The number of halogens is 3. The maximum Gasteiger partial charge on any atom is 0.137 e. The van der Waals surface area contributed by atoms with E-state index in [-0.39, 0.29) is 6.04 Å². The lowest BCUT2D eigenvalue weighted by Crippen LogP contribution is -2.10. The maximum absolute atomic E-state index is 6.18. The molecule has 0 bridgehead atoms. The largest absolute Gasteiger partial charge is 0.363 e. The second kappa shape index (κ2) is 5.95. The van der Waals surface area contributed by atoms with Crippen LogP contribution < -0.4 is 5.32 Å². The molecule has 2 aromatic rings. The van der Waals surface area contributed by atoms with Gasteiger partial charge in [-0.3, -0.25) is 0 Å². The van der Waals surface area contributed by atoms with Crippen LogP contribution in [0.1, 0.15) is 24.1 Å². The fourth-order valence-electron chi connectivity index (χ4n) is 1.71. The van der Waals surface area contributed by atoms with Crippen LogP contribution in [0, 0.1) is 6.92 Å². The summed E-state index contributed by atoms with van der Waals surface area (Å²) in [7, 11) is 0. The van der Waals surface area contributed by atoms with E-state index in [2.05, 4.69) is 15.3 Å². The van der Waals surface area contributed by atoms with Crippen molar-refractivity contribution < 1.29 is 0 Å². The van der Waals surface area contributed by atoms with Gasteiger partial charge in [-0.2, -0.15) is 0 Å². The van der Waals surface area contributed by atoms with E-state index in [9.17, 15) is 0 Å². The standard InChI is InChI=1S/C13H12Cl3N3/c1-7-12(16)17-6-18-13(7)19-8(2)10-4-3-9(14)5-11(10)15/h3-6,8H,1-2H3,(H,17,18,19). The van der Waals surface area contributed by atoms with Gasteiger partial charge in [0, 0.05) is 15.6 Å². The van der Waals surface area contributed by atoms with Gasteiger partial charge < -0.3 is 5.32 Å². The van der Waals surface area contributed by atoms with Gasteiger partial charge in [0.25, 0.3) is 0 Å². The first kappa shape index (κ1) is 14.4. The summed E-state index contributed by atoms with van der Waals surface area (Å²) in [4.78, 5) is 8.10. The number of benzene rings is 1. The topological polar surface area (TPSA) is 37.8 Å². The molecule has 0 aliphatic heterocycles. The summed E-state index contributed by atoms with van der Waals surface area (Å²) < 4.78 is 0. The van der Waals surface area contributed by atoms with Crippen LogP contribution in [0.25, 0.3) is 0 Å². The molecule has 0 saturated heterocycles. The molecule has 0 saturated carbocycles. The first-order chi connectivity index (χ1) is 8.99. The van der Waals surface area contributed by atoms with Crippen LogP contribution in [0.5, 0.6) is 0 Å². The summed E-state index contributed by atoms with van der Waals surface area (Å²) in [5, 5.41) is 4.93. The monoisotopic (exact) mass is 315 g/mol. The molecule has 1 atom stereocenters. The minimum absolute atomic E-state index is 0.0190. The van der Waals surface area contributed by atoms with Crippen molar-refractivity contribution in [2.45, 2.75) is 19.9 Å². The lowest BCUT2D eigenvalue weighted by molar-refractivity contribution is 0.868. The first-order valence-corrected chi connectivity index (χ1v) is 6.81. The van der Waals surface area contributed by atoms with Gasteiger partial charge in [-0.1, -0.05) is 40.9 Å². The van der Waals surface area contributed by atoms with Crippen LogP contribution in [-0.2, 0) is 0 Å². The van der Waals surface area contributed by atoms with E-state index in [1.165, 1.54) is 6.33 Å². The van der Waals surface area contributed by atoms with Gasteiger partial charge in [-0.15, -0.1) is 0 Å². The normalized spacial score (nSPS) is 12.3. The van der Waals surface area contributed by atoms with Gasteiger partial charge in [-0.05, 0) is 31.5 Å². The Labute approximate surface area is 126 Å². The SMILES string of the molecule is Cc1c(Cl)ncnc1NC(C)c1ccc(Cl)cc1Cl. The van der Waals surface area contributed by atoms with Gasteiger partial charge in [0.05, 0.1) is 6.04 Å². The van der Waals surface area contributed by atoms with Crippen molar-refractivity contribution in [3.63, 3.8) is 0 Å². The molecular weight excluding hydrogens is 305 g/mol. The molecule has 6 heteroatoms. The molecule has 0 spiro atoms. The smallest absolute Gasteiger partial charge is 0.137 e. The maximum atomic E-state index is 6.18. The molecule has 19 heavy (non-hydrogen) atoms. The van der Waals surface area contributed by atoms with Crippen molar-refractivity contribution in [1.29, 1.82) is 0 Å². The van der Waals surface area contributed by atoms with Crippen molar-refractivity contribution in [3.8, 4) is 0 Å². The molecule has 1 heterocycles. The second-order valence-electron chi connectivity index (χ2n) is 4.17. The van der Waals surface area contributed by atoms with Gasteiger partial charge in [0.15, 0.2) is 0 Å². The van der Waals surface area contributed by atoms with E-state index in [0.717, 1.165) is 11.1 Å². The van der Waals surface area contributed by atoms with Crippen LogP contribution >= 0.6 is 34.8 Å². The molecule has 0 radical (unpaired) electrons. The zero-order chi connectivity index (χ0) is 14.0. The average Bonchev–Trinajstić information content (AvgIpc) is 2.34. The molecule has 1 N–H and O–H groups in total. The first-order valence-electron chi connectivity index (χ1n) is 5.67. The molecule has 0 amide bonds. The summed E-state index contributed by atoms with van der Waals surface area (Å²) in [6, 6.07) is 5.40. The quantitative estimate of drug-likeness (QED) is 0.817. The Balaban J connectivity index is 2.25. The highest BCUT2D eigenvalue weighted by Crippen LogP contribution is 2.29. The second-order valence-corrected chi connectivity index (χ2v) is 5.37. The lowest BCUT2D eigenvalue weighted by Gasteiger charge is -2.17. The lowest BCUT2D eigenvalue weighted by atomic mass is 10.1. The predicted octanol–water partition coefficient (Wildman–Crippen LogP) is 4.92. The highest BCUT2D eigenvalue weighted by atomic mass is 35.5. The molecule has 1 aromatic carbocycles. The summed E-state index contributed by atoms with van der Waals surface area (Å²) >= 11 is 18.0. The van der Waals surface area contributed by atoms with Crippen LogP contribution in [0.4, 0.5) is 5.82 Å². The highest BCUT2D eigenvalue weighted by Gasteiger charge is 2.13. The summed E-state index contributed by atoms with van der Waals surface area (Å²) in [5.74, 6) is 0.693. The Hall–Kier alpha value is -1.03. The molecule has 100 valence electrons. The average molecular weight is 317 g/mol. The van der Waals surface area contributed by atoms with Crippen LogP contribution in [-0.4, -0.2) is 9.97 Å². The van der Waals surface area contributed by atoms with Gasteiger partial charge in [-0.25, -0.2) is 9.97 Å². The van der Waals surface area contributed by atoms with E-state index in [1.54, 1.807) is 12.1 Å². The molecule has 3 nitrogen and oxygen atoms in total. The molecule has 1 unspecified atom stereocenters. The van der Waals surface area contributed by atoms with E-state index in [0.29, 0.717) is 21.0 Å². The summed E-state index contributed by atoms with van der Waals surface area (Å²) in [6.45, 7) is 3.85. The predicted molar refractivity (Wildman–Crippen MR) is 80.3 cm³/mol. The van der Waals surface area contributed by atoms with E-state index in [4.69, 9.17) is 34.8 Å². The Morgan fingerprint density at radius 2 is 1.89 bits per heavy atom. The molecule has 0 aliphatic carbocycles. The van der Waals surface area contributed by atoms with Crippen LogP contribution in [0.2, 0.25) is 15.2 Å². The van der Waals surface area contributed by atoms with Gasteiger partial charge in [0.1, 0.15) is 17.3 Å². The number of hydrogen-bond donors (Lipinski definition) is 1. The number of nitrogens with one attached hydrogen (secondary N) is 1. The number of rotatable bonds is 3. The number of aromatic nitrogens is 2. The molecule has 0 fully saturated rings. The minimum atomic E-state index is -0.0190. The Bertz CT molecular complexity index is 602. The van der Waals surface area contributed by atoms with E-state index < -0.39 is 0 Å². The Morgan fingerprint density at radius 3 is 2.58 bits per heavy atom. The third kappa shape index (κ3) is 3.30. The minimum Gasteiger partial charge on any atom is -0.363 e. The number of nitrogens with zero attached hydrogens (tertiary/aromatic N) is 2. The summed E-state index contributed by atoms with van der Waals surface area (Å²) in [5.41, 5.74) is 1.75. The zero-order valence-electron chi connectivity index (χ0n) is 10.4. The van der Waals surface area contributed by atoms with Crippen molar-refractivity contribution in [2.75, 3.05) is 5.32 Å².